The van der Waals surface area contributed by atoms with Crippen LogP contribution in [0.1, 0.15) is 43.7 Å². The van der Waals surface area contributed by atoms with Crippen LogP contribution in [0.5, 0.6) is 0 Å². The largest absolute Gasteiger partial charge is 0.446 e. The predicted molar refractivity (Wildman–Crippen MR) is 133 cm³/mol. The molecule has 2 unspecified atom stereocenters. The molecular formula is C29H29NO6. The normalized spacial score (nSPS) is 21.9. The Morgan fingerprint density at radius 1 is 0.917 bits per heavy atom. The molecule has 186 valence electrons. The van der Waals surface area contributed by atoms with Gasteiger partial charge in [-0.05, 0) is 55.5 Å². The molecule has 2 aliphatic rings. The predicted octanol–water partition coefficient (Wildman–Crippen LogP) is 6.19. The standard InChI is InChI=1S/C29H29NO6/c1-2-12-26(31)34-36-29-25-19-10-9-13-22(25)14-11-20-28(29,35-29)21-33-27(32)30(23-15-5-3-6-16-23)24-17-7-4-8-18-24/h3-10,13,15-19H,2,11-12,14,20-21H2,1H3. The second kappa shape index (κ2) is 10.1. The van der Waals surface area contributed by atoms with Gasteiger partial charge in [0.25, 0.3) is 5.79 Å². The highest BCUT2D eigenvalue weighted by Gasteiger charge is 2.76. The molecule has 1 aliphatic heterocycles. The molecule has 1 fully saturated rings. The fourth-order valence-electron chi connectivity index (χ4n) is 4.83. The number of epoxide rings is 1. The number of carbonyl (C=O) groups excluding carboxylic acids is 2. The minimum atomic E-state index is -1.31. The maximum Gasteiger partial charge on any atom is 0.419 e. The van der Waals surface area contributed by atoms with Crippen molar-refractivity contribution in [2.45, 2.75) is 50.4 Å². The van der Waals surface area contributed by atoms with Crippen LogP contribution >= 0.6 is 0 Å². The smallest absolute Gasteiger partial charge is 0.419 e. The molecule has 0 aromatic heterocycles. The van der Waals surface area contributed by atoms with E-state index in [1.54, 1.807) is 0 Å². The van der Waals surface area contributed by atoms with Crippen molar-refractivity contribution in [1.29, 1.82) is 0 Å². The van der Waals surface area contributed by atoms with Crippen LogP contribution in [0.15, 0.2) is 84.9 Å². The first-order valence-electron chi connectivity index (χ1n) is 12.3. The molecule has 7 nitrogen and oxygen atoms in total. The molecule has 1 heterocycles. The highest BCUT2D eigenvalue weighted by Crippen LogP contribution is 2.61. The van der Waals surface area contributed by atoms with Crippen molar-refractivity contribution < 1.29 is 28.8 Å². The lowest BCUT2D eigenvalue weighted by atomic mass is 9.94. The average Bonchev–Trinajstić information content (AvgIpc) is 3.58. The van der Waals surface area contributed by atoms with Crippen molar-refractivity contribution in [3.63, 3.8) is 0 Å². The number of nitrogens with zero attached hydrogens (tertiary/aromatic N) is 1. The maximum atomic E-state index is 13.5. The molecule has 0 radical (unpaired) electrons. The monoisotopic (exact) mass is 487 g/mol. The van der Waals surface area contributed by atoms with Crippen LogP contribution in [0, 0.1) is 0 Å². The quantitative estimate of drug-likeness (QED) is 0.214. The number of rotatable bonds is 8. The summed E-state index contributed by atoms with van der Waals surface area (Å²) in [6.45, 7) is 1.84. The van der Waals surface area contributed by atoms with Crippen molar-refractivity contribution in [3.05, 3.63) is 96.1 Å². The molecule has 7 heteroatoms. The van der Waals surface area contributed by atoms with Crippen LogP contribution in [-0.4, -0.2) is 24.3 Å². The summed E-state index contributed by atoms with van der Waals surface area (Å²) in [7, 11) is 0. The van der Waals surface area contributed by atoms with E-state index in [-0.39, 0.29) is 13.0 Å². The maximum absolute atomic E-state index is 13.5. The summed E-state index contributed by atoms with van der Waals surface area (Å²) in [6, 6.07) is 26.4. The molecule has 36 heavy (non-hydrogen) atoms. The summed E-state index contributed by atoms with van der Waals surface area (Å²) in [5, 5.41) is 0. The van der Waals surface area contributed by atoms with Crippen molar-refractivity contribution in [3.8, 4) is 0 Å². The van der Waals surface area contributed by atoms with Gasteiger partial charge in [0.1, 0.15) is 6.61 Å². The van der Waals surface area contributed by atoms with Gasteiger partial charge in [-0.3, -0.25) is 4.89 Å². The van der Waals surface area contributed by atoms with Gasteiger partial charge >= 0.3 is 12.1 Å². The number of aryl methyl sites for hydroxylation is 1. The van der Waals surface area contributed by atoms with Crippen LogP contribution in [0.3, 0.4) is 0 Å². The summed E-state index contributed by atoms with van der Waals surface area (Å²) in [5.74, 6) is -1.77. The van der Waals surface area contributed by atoms with Crippen molar-refractivity contribution >= 4 is 23.4 Å². The van der Waals surface area contributed by atoms with Gasteiger partial charge in [0.2, 0.25) is 0 Å². The molecule has 1 aliphatic carbocycles. The third-order valence-electron chi connectivity index (χ3n) is 6.64. The Bertz CT molecular complexity index is 1180. The van der Waals surface area contributed by atoms with Crippen LogP contribution in [0.2, 0.25) is 0 Å². The Morgan fingerprint density at radius 3 is 2.22 bits per heavy atom. The second-order valence-electron chi connectivity index (χ2n) is 9.07. The van der Waals surface area contributed by atoms with Crippen molar-refractivity contribution in [2.75, 3.05) is 11.5 Å². The zero-order valence-corrected chi connectivity index (χ0v) is 20.2. The van der Waals surface area contributed by atoms with Crippen LogP contribution in [0.4, 0.5) is 16.2 Å². The van der Waals surface area contributed by atoms with Gasteiger partial charge in [-0.2, -0.15) is 0 Å². The minimum Gasteiger partial charge on any atom is -0.446 e. The van der Waals surface area contributed by atoms with Crippen LogP contribution in [0.25, 0.3) is 0 Å². The van der Waals surface area contributed by atoms with Gasteiger partial charge in [-0.25, -0.2) is 14.5 Å². The number of benzene rings is 3. The van der Waals surface area contributed by atoms with E-state index in [0.717, 1.165) is 24.0 Å². The summed E-state index contributed by atoms with van der Waals surface area (Å²) in [4.78, 5) is 38.0. The number of carbonyl (C=O) groups is 2. The number of fused-ring (bicyclic) bond motifs is 3. The number of ether oxygens (including phenoxy) is 2. The van der Waals surface area contributed by atoms with E-state index in [1.165, 1.54) is 4.90 Å². The van der Waals surface area contributed by atoms with E-state index >= 15 is 0 Å². The molecular weight excluding hydrogens is 458 g/mol. The fourth-order valence-corrected chi connectivity index (χ4v) is 4.83. The topological polar surface area (TPSA) is 77.6 Å². The van der Waals surface area contributed by atoms with Gasteiger partial charge in [0.05, 0.1) is 11.4 Å². The molecule has 0 N–H and O–H groups in total. The van der Waals surface area contributed by atoms with Gasteiger partial charge in [-0.15, -0.1) is 4.89 Å². The minimum absolute atomic E-state index is 0.0539. The van der Waals surface area contributed by atoms with Gasteiger partial charge in [0.15, 0.2) is 5.60 Å². The van der Waals surface area contributed by atoms with E-state index in [9.17, 15) is 9.59 Å². The first kappa shape index (κ1) is 24.0. The lowest BCUT2D eigenvalue weighted by Gasteiger charge is -2.24. The number of anilines is 2. The highest BCUT2D eigenvalue weighted by molar-refractivity contribution is 5.95. The molecule has 0 bridgehead atoms. The Morgan fingerprint density at radius 2 is 1.56 bits per heavy atom. The fraction of sp³-hybridized carbons (Fsp3) is 0.310. The van der Waals surface area contributed by atoms with Crippen LogP contribution < -0.4 is 4.90 Å². The summed E-state index contributed by atoms with van der Waals surface area (Å²) >= 11 is 0. The summed E-state index contributed by atoms with van der Waals surface area (Å²) < 4.78 is 12.1. The molecule has 0 saturated carbocycles. The number of para-hydroxylation sites is 2. The lowest BCUT2D eigenvalue weighted by molar-refractivity contribution is -0.336. The van der Waals surface area contributed by atoms with Crippen LogP contribution in [-0.2, 0) is 36.3 Å². The van der Waals surface area contributed by atoms with E-state index in [0.29, 0.717) is 24.2 Å². The first-order chi connectivity index (χ1) is 17.6. The van der Waals surface area contributed by atoms with E-state index in [1.807, 2.05) is 91.9 Å². The third-order valence-corrected chi connectivity index (χ3v) is 6.64. The number of hydrogen-bond acceptors (Lipinski definition) is 6. The van der Waals surface area contributed by atoms with Gasteiger partial charge in [-0.1, -0.05) is 67.6 Å². The number of amides is 1. The molecule has 1 amide bonds. The number of hydrogen-bond donors (Lipinski definition) is 0. The Labute approximate surface area is 210 Å². The SMILES string of the molecule is CCCC(=O)OOC12OC1(COC(=O)N(c1ccccc1)c1ccccc1)CCCc1ccccc12. The van der Waals surface area contributed by atoms with E-state index in [4.69, 9.17) is 19.2 Å². The Kier molecular flexibility index (Phi) is 6.76. The van der Waals surface area contributed by atoms with Crippen molar-refractivity contribution in [1.82, 2.24) is 0 Å². The van der Waals surface area contributed by atoms with Gasteiger partial charge in [0, 0.05) is 12.0 Å². The molecule has 2 atom stereocenters. The summed E-state index contributed by atoms with van der Waals surface area (Å²) in [6.07, 6.45) is 2.56. The van der Waals surface area contributed by atoms with E-state index < -0.39 is 23.5 Å². The Hall–Kier alpha value is -3.68. The lowest BCUT2D eigenvalue weighted by Crippen LogP contribution is -2.35. The molecule has 3 aromatic carbocycles. The molecule has 0 spiro atoms. The molecule has 5 rings (SSSR count). The third kappa shape index (κ3) is 4.47. The Balaban J connectivity index is 1.40. The molecule has 1 saturated heterocycles. The highest BCUT2D eigenvalue weighted by atomic mass is 17.3. The average molecular weight is 488 g/mol. The zero-order valence-electron chi connectivity index (χ0n) is 20.2. The molecule has 3 aromatic rings. The zero-order chi connectivity index (χ0) is 25.0. The van der Waals surface area contributed by atoms with Crippen molar-refractivity contribution in [2.24, 2.45) is 0 Å². The van der Waals surface area contributed by atoms with E-state index in [2.05, 4.69) is 0 Å². The summed E-state index contributed by atoms with van der Waals surface area (Å²) in [5.41, 5.74) is 2.27. The van der Waals surface area contributed by atoms with Gasteiger partial charge < -0.3 is 9.47 Å². The first-order valence-corrected chi connectivity index (χ1v) is 12.3. The second-order valence-corrected chi connectivity index (χ2v) is 9.07.